The molecular formula is C21H24ClN3OS2. The first-order valence-electron chi connectivity index (χ1n) is 9.07. The molecule has 0 saturated heterocycles. The van der Waals surface area contributed by atoms with Gasteiger partial charge in [-0.05, 0) is 70.1 Å². The Bertz CT molecular complexity index is 948. The van der Waals surface area contributed by atoms with Crippen LogP contribution in [0.1, 0.15) is 22.3 Å². The third-order valence-electron chi connectivity index (χ3n) is 4.47. The van der Waals surface area contributed by atoms with Gasteiger partial charge in [-0.3, -0.25) is 9.69 Å². The van der Waals surface area contributed by atoms with Crippen molar-refractivity contribution in [2.45, 2.75) is 18.2 Å². The van der Waals surface area contributed by atoms with Gasteiger partial charge in [0.1, 0.15) is 0 Å². The third kappa shape index (κ3) is 4.69. The van der Waals surface area contributed by atoms with Crippen LogP contribution in [0.25, 0.3) is 10.2 Å². The topological polar surface area (TPSA) is 36.4 Å². The predicted molar refractivity (Wildman–Crippen MR) is 122 cm³/mol. The molecule has 3 aromatic rings. The van der Waals surface area contributed by atoms with Crippen LogP contribution in [0.5, 0.6) is 0 Å². The molecular weight excluding hydrogens is 410 g/mol. The number of thiazole rings is 1. The van der Waals surface area contributed by atoms with E-state index in [-0.39, 0.29) is 5.91 Å². The number of halogens is 1. The van der Waals surface area contributed by atoms with Gasteiger partial charge in [-0.25, -0.2) is 4.98 Å². The van der Waals surface area contributed by atoms with Gasteiger partial charge in [-0.15, -0.1) is 11.8 Å². The Morgan fingerprint density at radius 1 is 1.21 bits per heavy atom. The SMILES string of the molecule is CSc1cccc(C(=O)N(CCCN(C)C)c2nc3c(C)ccc(Cl)c3s2)c1. The van der Waals surface area contributed by atoms with Crippen molar-refractivity contribution in [1.29, 1.82) is 0 Å². The van der Waals surface area contributed by atoms with Gasteiger partial charge in [-0.2, -0.15) is 0 Å². The van der Waals surface area contributed by atoms with E-state index < -0.39 is 0 Å². The van der Waals surface area contributed by atoms with Crippen molar-refractivity contribution in [2.75, 3.05) is 38.3 Å². The number of thioether (sulfide) groups is 1. The second-order valence-electron chi connectivity index (χ2n) is 6.88. The first kappa shape index (κ1) is 21.1. The van der Waals surface area contributed by atoms with Crippen molar-refractivity contribution in [2.24, 2.45) is 0 Å². The van der Waals surface area contributed by atoms with Crippen LogP contribution < -0.4 is 4.90 Å². The Kier molecular flexibility index (Phi) is 6.99. The number of aromatic nitrogens is 1. The molecule has 0 unspecified atom stereocenters. The molecule has 0 aliphatic heterocycles. The minimum absolute atomic E-state index is 0.0255. The monoisotopic (exact) mass is 433 g/mol. The van der Waals surface area contributed by atoms with E-state index in [4.69, 9.17) is 16.6 Å². The van der Waals surface area contributed by atoms with Crippen molar-refractivity contribution in [3.8, 4) is 0 Å². The van der Waals surface area contributed by atoms with E-state index in [1.165, 1.54) is 11.3 Å². The molecule has 0 atom stereocenters. The van der Waals surface area contributed by atoms with Crippen LogP contribution in [0, 0.1) is 6.92 Å². The van der Waals surface area contributed by atoms with Crippen LogP contribution in [-0.4, -0.2) is 49.2 Å². The number of carbonyl (C=O) groups excluding carboxylic acids is 1. The summed E-state index contributed by atoms with van der Waals surface area (Å²) >= 11 is 9.50. The highest BCUT2D eigenvalue weighted by molar-refractivity contribution is 7.98. The Labute approximate surface area is 179 Å². The quantitative estimate of drug-likeness (QED) is 0.456. The maximum atomic E-state index is 13.4. The Morgan fingerprint density at radius 2 is 2.00 bits per heavy atom. The number of anilines is 1. The second kappa shape index (κ2) is 9.27. The normalized spacial score (nSPS) is 11.4. The number of amides is 1. The van der Waals surface area contributed by atoms with Gasteiger partial charge in [0.25, 0.3) is 5.91 Å². The lowest BCUT2D eigenvalue weighted by atomic mass is 10.2. The maximum Gasteiger partial charge on any atom is 0.260 e. The van der Waals surface area contributed by atoms with E-state index in [2.05, 4.69) is 4.90 Å². The highest BCUT2D eigenvalue weighted by Crippen LogP contribution is 2.36. The summed E-state index contributed by atoms with van der Waals surface area (Å²) in [5.74, 6) is -0.0255. The van der Waals surface area contributed by atoms with E-state index in [0.29, 0.717) is 22.3 Å². The standard InChI is InChI=1S/C21H24ClN3OS2/c1-14-9-10-17(22)19-18(14)23-21(28-19)25(12-6-11-24(2)3)20(26)15-7-5-8-16(13-15)27-4/h5,7-10,13H,6,11-12H2,1-4H3. The van der Waals surface area contributed by atoms with Crippen molar-refractivity contribution >= 4 is 56.0 Å². The van der Waals surface area contributed by atoms with E-state index in [9.17, 15) is 4.79 Å². The highest BCUT2D eigenvalue weighted by atomic mass is 35.5. The van der Waals surface area contributed by atoms with Gasteiger partial charge in [0.15, 0.2) is 5.13 Å². The molecule has 0 radical (unpaired) electrons. The average Bonchev–Trinajstić information content (AvgIpc) is 3.14. The lowest BCUT2D eigenvalue weighted by Crippen LogP contribution is -2.33. The van der Waals surface area contributed by atoms with Crippen molar-refractivity contribution < 1.29 is 4.79 Å². The molecule has 0 bridgehead atoms. The fourth-order valence-electron chi connectivity index (χ4n) is 2.95. The summed E-state index contributed by atoms with van der Waals surface area (Å²) in [4.78, 5) is 23.1. The van der Waals surface area contributed by atoms with Crippen molar-refractivity contribution in [3.63, 3.8) is 0 Å². The van der Waals surface area contributed by atoms with E-state index in [1.807, 2.05) is 63.7 Å². The average molecular weight is 434 g/mol. The number of fused-ring (bicyclic) bond motifs is 1. The van der Waals surface area contributed by atoms with Gasteiger partial charge in [-0.1, -0.05) is 35.1 Å². The number of benzene rings is 2. The van der Waals surface area contributed by atoms with Crippen LogP contribution in [0.3, 0.4) is 0 Å². The first-order valence-corrected chi connectivity index (χ1v) is 11.5. The van der Waals surface area contributed by atoms with E-state index in [1.54, 1.807) is 16.7 Å². The molecule has 4 nitrogen and oxygen atoms in total. The smallest absolute Gasteiger partial charge is 0.260 e. The largest absolute Gasteiger partial charge is 0.309 e. The summed E-state index contributed by atoms with van der Waals surface area (Å²) in [5, 5.41) is 1.37. The minimum Gasteiger partial charge on any atom is -0.309 e. The predicted octanol–water partition coefficient (Wildman–Crippen LogP) is 5.58. The van der Waals surface area contributed by atoms with Crippen LogP contribution in [-0.2, 0) is 0 Å². The van der Waals surface area contributed by atoms with Gasteiger partial charge in [0.2, 0.25) is 0 Å². The fourth-order valence-corrected chi connectivity index (χ4v) is 4.75. The Morgan fingerprint density at radius 3 is 2.68 bits per heavy atom. The fraction of sp³-hybridized carbons (Fsp3) is 0.333. The van der Waals surface area contributed by atoms with Gasteiger partial charge in [0, 0.05) is 17.0 Å². The molecule has 148 valence electrons. The Hall–Kier alpha value is -1.60. The van der Waals surface area contributed by atoms with Crippen molar-refractivity contribution in [1.82, 2.24) is 9.88 Å². The van der Waals surface area contributed by atoms with Crippen LogP contribution in [0.4, 0.5) is 5.13 Å². The molecule has 1 heterocycles. The summed E-state index contributed by atoms with van der Waals surface area (Å²) in [6.45, 7) is 3.53. The zero-order chi connectivity index (χ0) is 20.3. The van der Waals surface area contributed by atoms with Crippen molar-refractivity contribution in [3.05, 3.63) is 52.5 Å². The third-order valence-corrected chi connectivity index (χ3v) is 6.73. The molecule has 0 aliphatic carbocycles. The molecule has 2 aromatic carbocycles. The summed E-state index contributed by atoms with van der Waals surface area (Å²) in [6, 6.07) is 11.6. The second-order valence-corrected chi connectivity index (χ2v) is 9.15. The number of carbonyl (C=O) groups is 1. The molecule has 0 aliphatic rings. The number of nitrogens with zero attached hydrogens (tertiary/aromatic N) is 3. The summed E-state index contributed by atoms with van der Waals surface area (Å²) in [6.07, 6.45) is 2.88. The molecule has 28 heavy (non-hydrogen) atoms. The molecule has 3 rings (SSSR count). The van der Waals surface area contributed by atoms with Crippen LogP contribution >= 0.6 is 34.7 Å². The molecule has 0 fully saturated rings. The molecule has 0 spiro atoms. The summed E-state index contributed by atoms with van der Waals surface area (Å²) in [5.41, 5.74) is 2.61. The number of hydrogen-bond donors (Lipinski definition) is 0. The number of hydrogen-bond acceptors (Lipinski definition) is 5. The lowest BCUT2D eigenvalue weighted by Gasteiger charge is -2.21. The lowest BCUT2D eigenvalue weighted by molar-refractivity contribution is 0.0986. The van der Waals surface area contributed by atoms with Crippen LogP contribution in [0.15, 0.2) is 41.3 Å². The zero-order valence-corrected chi connectivity index (χ0v) is 18.9. The molecule has 1 aromatic heterocycles. The minimum atomic E-state index is -0.0255. The molecule has 7 heteroatoms. The maximum absolute atomic E-state index is 13.4. The van der Waals surface area contributed by atoms with Gasteiger partial charge < -0.3 is 4.90 Å². The molecule has 0 N–H and O–H groups in total. The van der Waals surface area contributed by atoms with Gasteiger partial charge >= 0.3 is 0 Å². The van der Waals surface area contributed by atoms with Crippen LogP contribution in [0.2, 0.25) is 5.02 Å². The summed E-state index contributed by atoms with van der Waals surface area (Å²) < 4.78 is 0.931. The Balaban J connectivity index is 2.00. The zero-order valence-electron chi connectivity index (χ0n) is 16.5. The highest BCUT2D eigenvalue weighted by Gasteiger charge is 2.22. The number of aryl methyl sites for hydroxylation is 1. The summed E-state index contributed by atoms with van der Waals surface area (Å²) in [7, 11) is 4.07. The molecule has 1 amide bonds. The first-order chi connectivity index (χ1) is 13.4. The molecule has 0 saturated carbocycles. The van der Waals surface area contributed by atoms with E-state index in [0.717, 1.165) is 33.6 Å². The van der Waals surface area contributed by atoms with E-state index >= 15 is 0 Å². The van der Waals surface area contributed by atoms with Gasteiger partial charge in [0.05, 0.1) is 15.2 Å². The number of rotatable bonds is 7.